The molecule has 3 aliphatic rings. The molecule has 2 N–H and O–H groups in total. The summed E-state index contributed by atoms with van der Waals surface area (Å²) in [6, 6.07) is 3.35. The van der Waals surface area contributed by atoms with Crippen LogP contribution in [0.4, 0.5) is 10.5 Å². The lowest BCUT2D eigenvalue weighted by molar-refractivity contribution is 0.187. The van der Waals surface area contributed by atoms with Gasteiger partial charge in [0, 0.05) is 37.3 Å². The summed E-state index contributed by atoms with van der Waals surface area (Å²) in [5.41, 5.74) is 0.920. The summed E-state index contributed by atoms with van der Waals surface area (Å²) in [6.07, 6.45) is 7.55. The lowest BCUT2D eigenvalue weighted by Crippen LogP contribution is -2.49. The molecule has 4 rings (SSSR count). The van der Waals surface area contributed by atoms with Crippen LogP contribution in [0.5, 0.6) is 0 Å². The molecule has 2 atom stereocenters. The Labute approximate surface area is 165 Å². The van der Waals surface area contributed by atoms with Crippen LogP contribution < -0.4 is 16.2 Å². The first-order chi connectivity index (χ1) is 13.3. The summed E-state index contributed by atoms with van der Waals surface area (Å²) in [7, 11) is -3.24. The molecule has 2 bridgehead atoms. The van der Waals surface area contributed by atoms with Crippen LogP contribution in [-0.2, 0) is 16.6 Å². The Morgan fingerprint density at radius 3 is 2.57 bits per heavy atom. The van der Waals surface area contributed by atoms with Gasteiger partial charge in [0.15, 0.2) is 0 Å². The number of amides is 2. The van der Waals surface area contributed by atoms with Crippen molar-refractivity contribution in [3.05, 3.63) is 28.2 Å². The highest BCUT2D eigenvalue weighted by Gasteiger charge is 2.38. The van der Waals surface area contributed by atoms with E-state index in [0.717, 1.165) is 37.8 Å². The molecule has 1 aliphatic carbocycles. The molecule has 9 heteroatoms. The second-order valence-corrected chi connectivity index (χ2v) is 10.4. The molecule has 2 amide bonds. The standard InChI is InChI=1S/C19H28N4O4S/c1-28(26,27)22-10-13-9-14(12-22)17-8-7-16(18(24)23(17)11-13)21-19(25)20-15-5-3-2-4-6-15/h7-8,13-15H,2-6,9-12H2,1H3,(H2,20,21,25). The molecule has 0 spiro atoms. The Bertz CT molecular complexity index is 920. The maximum atomic E-state index is 12.9. The highest BCUT2D eigenvalue weighted by molar-refractivity contribution is 7.88. The zero-order chi connectivity index (χ0) is 19.9. The van der Waals surface area contributed by atoms with E-state index in [1.54, 1.807) is 10.6 Å². The molecule has 3 heterocycles. The Morgan fingerprint density at radius 1 is 1.11 bits per heavy atom. The molecule has 1 saturated carbocycles. The molecule has 0 radical (unpaired) electrons. The van der Waals surface area contributed by atoms with Crippen molar-refractivity contribution in [1.82, 2.24) is 14.2 Å². The van der Waals surface area contributed by atoms with Gasteiger partial charge in [-0.05, 0) is 37.3 Å². The maximum absolute atomic E-state index is 12.9. The molecular formula is C19H28N4O4S. The van der Waals surface area contributed by atoms with E-state index in [1.807, 2.05) is 6.07 Å². The third-order valence-electron chi connectivity index (χ3n) is 6.23. The van der Waals surface area contributed by atoms with E-state index in [9.17, 15) is 18.0 Å². The number of pyridine rings is 1. The Hall–Kier alpha value is -1.87. The van der Waals surface area contributed by atoms with Crippen LogP contribution in [0, 0.1) is 5.92 Å². The lowest BCUT2D eigenvalue weighted by atomic mass is 9.84. The molecule has 2 aliphatic heterocycles. The van der Waals surface area contributed by atoms with Crippen LogP contribution in [-0.4, -0.2) is 48.7 Å². The predicted octanol–water partition coefficient (Wildman–Crippen LogP) is 1.68. The molecule has 1 aromatic rings. The molecule has 28 heavy (non-hydrogen) atoms. The van der Waals surface area contributed by atoms with Crippen LogP contribution in [0.2, 0.25) is 0 Å². The normalized spacial score (nSPS) is 25.8. The zero-order valence-corrected chi connectivity index (χ0v) is 17.0. The monoisotopic (exact) mass is 408 g/mol. The number of nitrogens with zero attached hydrogens (tertiary/aromatic N) is 2. The number of hydrogen-bond donors (Lipinski definition) is 2. The van der Waals surface area contributed by atoms with Crippen LogP contribution in [0.3, 0.4) is 0 Å². The van der Waals surface area contributed by atoms with Gasteiger partial charge in [-0.1, -0.05) is 19.3 Å². The second kappa shape index (κ2) is 7.51. The van der Waals surface area contributed by atoms with Crippen molar-refractivity contribution < 1.29 is 13.2 Å². The summed E-state index contributed by atoms with van der Waals surface area (Å²) in [4.78, 5) is 25.2. The quantitative estimate of drug-likeness (QED) is 0.795. The lowest BCUT2D eigenvalue weighted by Gasteiger charge is -2.41. The number of hydrogen-bond acceptors (Lipinski definition) is 4. The first kappa shape index (κ1) is 19.4. The number of carbonyl (C=O) groups is 1. The van der Waals surface area contributed by atoms with Gasteiger partial charge in [0.05, 0.1) is 6.26 Å². The highest BCUT2D eigenvalue weighted by Crippen LogP contribution is 2.36. The molecule has 154 valence electrons. The number of aromatic nitrogens is 1. The zero-order valence-electron chi connectivity index (χ0n) is 16.2. The fourth-order valence-electron chi connectivity index (χ4n) is 4.86. The molecule has 0 aromatic carbocycles. The van der Waals surface area contributed by atoms with Crippen LogP contribution in [0.25, 0.3) is 0 Å². The topological polar surface area (TPSA) is 101 Å². The van der Waals surface area contributed by atoms with Gasteiger partial charge in [0.1, 0.15) is 5.69 Å². The number of carbonyl (C=O) groups excluding carboxylic acids is 1. The first-order valence-electron chi connectivity index (χ1n) is 10.1. The Kier molecular flexibility index (Phi) is 5.22. The summed E-state index contributed by atoms with van der Waals surface area (Å²) in [5, 5.41) is 5.68. The number of urea groups is 1. The summed E-state index contributed by atoms with van der Waals surface area (Å²) >= 11 is 0. The van der Waals surface area contributed by atoms with E-state index >= 15 is 0 Å². The fourth-order valence-corrected chi connectivity index (χ4v) is 5.79. The van der Waals surface area contributed by atoms with Crippen molar-refractivity contribution >= 4 is 21.7 Å². The number of nitrogens with one attached hydrogen (secondary N) is 2. The fraction of sp³-hybridized carbons (Fsp3) is 0.684. The van der Waals surface area contributed by atoms with Crippen molar-refractivity contribution in [2.45, 2.75) is 57.0 Å². The first-order valence-corrected chi connectivity index (χ1v) is 11.9. The van der Waals surface area contributed by atoms with Crippen LogP contribution in [0.1, 0.15) is 50.1 Å². The minimum Gasteiger partial charge on any atom is -0.335 e. The molecule has 2 fully saturated rings. The minimum absolute atomic E-state index is 0.0139. The van der Waals surface area contributed by atoms with Gasteiger partial charge < -0.3 is 15.2 Å². The van der Waals surface area contributed by atoms with Crippen LogP contribution in [0.15, 0.2) is 16.9 Å². The smallest absolute Gasteiger partial charge is 0.319 e. The number of sulfonamides is 1. The summed E-state index contributed by atoms with van der Waals surface area (Å²) in [5.74, 6) is 0.130. The number of piperidine rings is 1. The molecule has 8 nitrogen and oxygen atoms in total. The van der Waals surface area contributed by atoms with Gasteiger partial charge in [-0.2, -0.15) is 0 Å². The van der Waals surface area contributed by atoms with Crippen LogP contribution >= 0.6 is 0 Å². The minimum atomic E-state index is -3.24. The van der Waals surface area contributed by atoms with Gasteiger partial charge in [0.2, 0.25) is 10.0 Å². The molecule has 1 aromatic heterocycles. The summed E-state index contributed by atoms with van der Waals surface area (Å²) < 4.78 is 27.1. The number of anilines is 1. The largest absolute Gasteiger partial charge is 0.335 e. The van der Waals surface area contributed by atoms with Gasteiger partial charge in [-0.25, -0.2) is 17.5 Å². The molecular weight excluding hydrogens is 380 g/mol. The third-order valence-corrected chi connectivity index (χ3v) is 7.46. The van der Waals surface area contributed by atoms with Crippen molar-refractivity contribution in [1.29, 1.82) is 0 Å². The predicted molar refractivity (Wildman–Crippen MR) is 107 cm³/mol. The van der Waals surface area contributed by atoms with Gasteiger partial charge in [0.25, 0.3) is 5.56 Å². The van der Waals surface area contributed by atoms with E-state index in [1.165, 1.54) is 17.0 Å². The Balaban J connectivity index is 1.51. The van der Waals surface area contributed by atoms with E-state index < -0.39 is 10.0 Å². The Morgan fingerprint density at radius 2 is 1.86 bits per heavy atom. The third kappa shape index (κ3) is 3.96. The van der Waals surface area contributed by atoms with Gasteiger partial charge in [-0.3, -0.25) is 4.79 Å². The highest BCUT2D eigenvalue weighted by atomic mass is 32.2. The van der Waals surface area contributed by atoms with E-state index in [0.29, 0.717) is 19.6 Å². The number of rotatable bonds is 3. The van der Waals surface area contributed by atoms with Crippen molar-refractivity contribution in [2.75, 3.05) is 24.7 Å². The molecule has 1 saturated heterocycles. The van der Waals surface area contributed by atoms with Crippen molar-refractivity contribution in [2.24, 2.45) is 5.92 Å². The SMILES string of the molecule is CS(=O)(=O)N1CC2CC(C1)c1ccc(NC(=O)NC3CCCCC3)c(=O)n1C2. The van der Waals surface area contributed by atoms with E-state index in [4.69, 9.17) is 0 Å². The van der Waals surface area contributed by atoms with Gasteiger partial charge >= 0.3 is 6.03 Å². The summed E-state index contributed by atoms with van der Waals surface area (Å²) in [6.45, 7) is 1.33. The maximum Gasteiger partial charge on any atom is 0.319 e. The van der Waals surface area contributed by atoms with E-state index in [-0.39, 0.29) is 35.2 Å². The van der Waals surface area contributed by atoms with Gasteiger partial charge in [-0.15, -0.1) is 0 Å². The van der Waals surface area contributed by atoms with Crippen molar-refractivity contribution in [3.63, 3.8) is 0 Å². The average Bonchev–Trinajstić information content (AvgIpc) is 2.64. The average molecular weight is 409 g/mol. The van der Waals surface area contributed by atoms with Crippen molar-refractivity contribution in [3.8, 4) is 0 Å². The molecule has 2 unspecified atom stereocenters. The number of fused-ring (bicyclic) bond motifs is 4. The second-order valence-electron chi connectivity index (χ2n) is 8.40. The van der Waals surface area contributed by atoms with E-state index in [2.05, 4.69) is 10.6 Å².